The molecule has 1 heterocycles. The predicted molar refractivity (Wildman–Crippen MR) is 193 cm³/mol. The SMILES string of the molecule is COCCCN(C[C@]1(O)CC[C@H]2[C@]34C=C[C@@]5(C=C3C(=O)c3ccc(C)s3)CC(O)CC[C@]5(C)[C@H]4CC[C@@]21C)C(=O)N[C@H](C)c1ccccc1. The maximum absolute atomic E-state index is 14.7. The number of ether oxygens (including phenoxy) is 1. The maximum Gasteiger partial charge on any atom is 0.317 e. The number of Topliss-reactive ketones (excluding diaryl/α,β-unsaturated/α-hetero) is 1. The van der Waals surface area contributed by atoms with Crippen molar-refractivity contribution in [2.24, 2.45) is 33.5 Å². The van der Waals surface area contributed by atoms with Gasteiger partial charge in [0.25, 0.3) is 0 Å². The van der Waals surface area contributed by atoms with E-state index in [1.54, 1.807) is 23.3 Å². The van der Waals surface area contributed by atoms with Gasteiger partial charge in [0, 0.05) is 47.0 Å². The van der Waals surface area contributed by atoms with Gasteiger partial charge in [0.1, 0.15) is 0 Å². The van der Waals surface area contributed by atoms with E-state index in [1.165, 1.54) is 0 Å². The van der Waals surface area contributed by atoms with Gasteiger partial charge in [-0.3, -0.25) is 4.79 Å². The molecule has 2 bridgehead atoms. The molecule has 49 heavy (non-hydrogen) atoms. The lowest BCUT2D eigenvalue weighted by Gasteiger charge is -2.71. The summed E-state index contributed by atoms with van der Waals surface area (Å²) in [5, 5.41) is 27.1. The van der Waals surface area contributed by atoms with E-state index in [0.717, 1.165) is 53.0 Å². The van der Waals surface area contributed by atoms with Gasteiger partial charge in [0.15, 0.2) is 5.78 Å². The molecule has 1 aromatic carbocycles. The smallest absolute Gasteiger partial charge is 0.317 e. The number of ketones is 1. The number of hydrogen-bond acceptors (Lipinski definition) is 6. The molecular formula is C41H54N2O5S. The van der Waals surface area contributed by atoms with E-state index in [0.29, 0.717) is 32.4 Å². The molecule has 9 atom stereocenters. The van der Waals surface area contributed by atoms with Crippen molar-refractivity contribution in [3.63, 3.8) is 0 Å². The number of nitrogens with zero attached hydrogens (tertiary/aromatic N) is 1. The number of hydrogen-bond donors (Lipinski definition) is 3. The van der Waals surface area contributed by atoms with Crippen LogP contribution in [0.25, 0.3) is 0 Å². The summed E-state index contributed by atoms with van der Waals surface area (Å²) >= 11 is 1.55. The first kappa shape index (κ1) is 34.7. The molecular weight excluding hydrogens is 633 g/mol. The van der Waals surface area contributed by atoms with E-state index in [1.807, 2.05) is 56.3 Å². The zero-order chi connectivity index (χ0) is 34.8. The average Bonchev–Trinajstić information content (AvgIpc) is 3.64. The number of allylic oxidation sites excluding steroid dienone is 4. The molecule has 264 valence electrons. The lowest BCUT2D eigenvalue weighted by Crippen LogP contribution is -2.67. The zero-order valence-electron chi connectivity index (χ0n) is 29.8. The molecule has 2 aromatic rings. The van der Waals surface area contributed by atoms with Crippen molar-refractivity contribution in [3.05, 3.63) is 81.6 Å². The van der Waals surface area contributed by atoms with Crippen LogP contribution in [-0.4, -0.2) is 65.4 Å². The number of aliphatic hydroxyl groups is 2. The van der Waals surface area contributed by atoms with Crippen LogP contribution in [0.15, 0.2) is 66.3 Å². The quantitative estimate of drug-likeness (QED) is 0.136. The van der Waals surface area contributed by atoms with Crippen molar-refractivity contribution in [1.82, 2.24) is 10.2 Å². The molecule has 6 aliphatic carbocycles. The number of carbonyl (C=O) groups is 2. The van der Waals surface area contributed by atoms with Crippen LogP contribution in [0.3, 0.4) is 0 Å². The van der Waals surface area contributed by atoms with Gasteiger partial charge in [-0.1, -0.05) is 62.4 Å². The number of nitrogens with one attached hydrogen (secondary N) is 1. The summed E-state index contributed by atoms with van der Waals surface area (Å²) in [7, 11) is 1.67. The molecule has 1 unspecified atom stereocenters. The van der Waals surface area contributed by atoms with Gasteiger partial charge >= 0.3 is 6.03 Å². The zero-order valence-corrected chi connectivity index (χ0v) is 30.7. The highest BCUT2D eigenvalue weighted by molar-refractivity contribution is 7.14. The Kier molecular flexibility index (Phi) is 8.82. The summed E-state index contributed by atoms with van der Waals surface area (Å²) in [5.74, 6) is 0.366. The Morgan fingerprint density at radius 2 is 1.73 bits per heavy atom. The van der Waals surface area contributed by atoms with Crippen LogP contribution in [-0.2, 0) is 4.74 Å². The monoisotopic (exact) mass is 686 g/mol. The molecule has 8 rings (SSSR count). The summed E-state index contributed by atoms with van der Waals surface area (Å²) in [6, 6.07) is 13.6. The van der Waals surface area contributed by atoms with E-state index in [2.05, 4.69) is 37.4 Å². The number of aryl methyl sites for hydroxylation is 1. The number of urea groups is 1. The van der Waals surface area contributed by atoms with Crippen molar-refractivity contribution in [1.29, 1.82) is 0 Å². The largest absolute Gasteiger partial charge is 0.393 e. The molecule has 0 aliphatic heterocycles. The molecule has 2 amide bonds. The standard InChI is InChI=1S/C41H54N2O5S/c1-27-12-13-32(49-27)35(45)31-25-39-20-21-41(31)33(37(39,3)17-14-30(44)24-39)15-18-38(4)34(41)16-19-40(38,47)26-43(22-9-23-48-5)36(46)42-28(2)29-10-7-6-8-11-29/h6-8,10-13,20-21,25,28,30,33-34,44,47H,9,14-19,22-24,26H2,1-5H3,(H,42,46)/t28-,30?,33-,34-,37-,38+,39+,40-,41-/m1/s1. The molecule has 1 aromatic heterocycles. The third-order valence-electron chi connectivity index (χ3n) is 14.1. The van der Waals surface area contributed by atoms with Gasteiger partial charge in [-0.05, 0) is 100 Å². The molecule has 8 heteroatoms. The topological polar surface area (TPSA) is 99.1 Å². The van der Waals surface area contributed by atoms with Crippen molar-refractivity contribution in [3.8, 4) is 0 Å². The number of thiophene rings is 1. The number of amides is 2. The van der Waals surface area contributed by atoms with Crippen LogP contribution in [0.5, 0.6) is 0 Å². The molecule has 3 fully saturated rings. The van der Waals surface area contributed by atoms with Crippen molar-refractivity contribution in [2.75, 3.05) is 26.8 Å². The van der Waals surface area contributed by atoms with Crippen molar-refractivity contribution >= 4 is 23.2 Å². The Hall–Kier alpha value is -2.78. The molecule has 6 aliphatic rings. The van der Waals surface area contributed by atoms with Crippen LogP contribution in [0.4, 0.5) is 4.79 Å². The minimum absolute atomic E-state index is 0.0327. The first-order chi connectivity index (χ1) is 23.3. The lowest BCUT2D eigenvalue weighted by atomic mass is 9.32. The number of rotatable bonds is 10. The van der Waals surface area contributed by atoms with E-state index in [9.17, 15) is 19.8 Å². The third kappa shape index (κ3) is 5.22. The number of methoxy groups -OCH3 is 1. The molecule has 0 saturated heterocycles. The Morgan fingerprint density at radius 1 is 1.02 bits per heavy atom. The van der Waals surface area contributed by atoms with Gasteiger partial charge in [-0.25, -0.2) is 4.79 Å². The number of benzene rings is 1. The van der Waals surface area contributed by atoms with Gasteiger partial charge in [-0.15, -0.1) is 11.3 Å². The van der Waals surface area contributed by atoms with Gasteiger partial charge in [0.2, 0.25) is 0 Å². The second-order valence-electron chi connectivity index (χ2n) is 16.4. The summed E-state index contributed by atoms with van der Waals surface area (Å²) < 4.78 is 5.36. The van der Waals surface area contributed by atoms with Crippen molar-refractivity contribution < 1.29 is 24.5 Å². The second kappa shape index (κ2) is 12.5. The Labute approximate surface area is 295 Å². The number of aliphatic hydroxyl groups excluding tert-OH is 1. The van der Waals surface area contributed by atoms with Gasteiger partial charge in [0.05, 0.1) is 29.2 Å². The van der Waals surface area contributed by atoms with Crippen LogP contribution < -0.4 is 5.32 Å². The highest BCUT2D eigenvalue weighted by atomic mass is 32.1. The Morgan fingerprint density at radius 3 is 2.45 bits per heavy atom. The van der Waals surface area contributed by atoms with Crippen LogP contribution in [0.1, 0.15) is 98.3 Å². The van der Waals surface area contributed by atoms with Gasteiger partial charge in [-0.2, -0.15) is 0 Å². The lowest BCUT2D eigenvalue weighted by molar-refractivity contribution is -0.174. The molecule has 0 radical (unpaired) electrons. The second-order valence-corrected chi connectivity index (χ2v) is 17.7. The first-order valence-electron chi connectivity index (χ1n) is 18.4. The number of fused-ring (bicyclic) bond motifs is 1. The molecule has 2 spiro atoms. The maximum atomic E-state index is 14.7. The van der Waals surface area contributed by atoms with E-state index < -0.39 is 16.4 Å². The summed E-state index contributed by atoms with van der Waals surface area (Å²) in [6.45, 7) is 9.91. The fraction of sp³-hybridized carbons (Fsp3) is 0.610. The fourth-order valence-electron chi connectivity index (χ4n) is 11.4. The summed E-state index contributed by atoms with van der Waals surface area (Å²) in [4.78, 5) is 32.4. The third-order valence-corrected chi connectivity index (χ3v) is 15.1. The van der Waals surface area contributed by atoms with Crippen LogP contribution in [0.2, 0.25) is 0 Å². The highest BCUT2D eigenvalue weighted by Gasteiger charge is 2.74. The fourth-order valence-corrected chi connectivity index (χ4v) is 12.2. The highest BCUT2D eigenvalue weighted by Crippen LogP contribution is 2.78. The van der Waals surface area contributed by atoms with Crippen molar-refractivity contribution in [2.45, 2.75) is 96.8 Å². The summed E-state index contributed by atoms with van der Waals surface area (Å²) in [6.07, 6.45) is 12.7. The van der Waals surface area contributed by atoms with E-state index in [-0.39, 0.29) is 53.2 Å². The molecule has 7 nitrogen and oxygen atoms in total. The molecule has 3 saturated carbocycles. The normalized spacial score (nSPS) is 37.9. The Balaban J connectivity index is 1.25. The van der Waals surface area contributed by atoms with Gasteiger partial charge < -0.3 is 25.2 Å². The summed E-state index contributed by atoms with van der Waals surface area (Å²) in [5.41, 5.74) is -0.709. The van der Waals surface area contributed by atoms with E-state index >= 15 is 0 Å². The molecule has 3 N–H and O–H groups in total. The van der Waals surface area contributed by atoms with Crippen LogP contribution in [0, 0.1) is 40.4 Å². The Bertz CT molecular complexity index is 1650. The predicted octanol–water partition coefficient (Wildman–Crippen LogP) is 7.64. The number of carbonyl (C=O) groups excluding carboxylic acids is 2. The van der Waals surface area contributed by atoms with E-state index in [4.69, 9.17) is 4.74 Å². The minimum atomic E-state index is -1.13. The average molecular weight is 687 g/mol. The first-order valence-corrected chi connectivity index (χ1v) is 19.2. The van der Waals surface area contributed by atoms with Crippen LogP contribution >= 0.6 is 11.3 Å². The minimum Gasteiger partial charge on any atom is -0.393 e.